The number of hydrogen-bond acceptors (Lipinski definition) is 2. The SMILES string of the molecule is CC(C)(C)[C@@H](NC(=O)NCc1ccccc1F)c1cccs1. The molecule has 22 heavy (non-hydrogen) atoms. The molecule has 0 unspecified atom stereocenters. The molecule has 0 radical (unpaired) electrons. The summed E-state index contributed by atoms with van der Waals surface area (Å²) >= 11 is 1.61. The van der Waals surface area contributed by atoms with Crippen LogP contribution in [0.4, 0.5) is 9.18 Å². The average molecular weight is 320 g/mol. The molecule has 5 heteroatoms. The predicted octanol–water partition coefficient (Wildman–Crippen LogP) is 4.47. The lowest BCUT2D eigenvalue weighted by molar-refractivity contribution is 0.219. The van der Waals surface area contributed by atoms with E-state index in [2.05, 4.69) is 31.4 Å². The topological polar surface area (TPSA) is 41.1 Å². The molecule has 2 aromatic rings. The van der Waals surface area contributed by atoms with E-state index in [4.69, 9.17) is 0 Å². The van der Waals surface area contributed by atoms with E-state index in [0.717, 1.165) is 4.88 Å². The molecule has 0 bridgehead atoms. The Morgan fingerprint density at radius 3 is 2.55 bits per heavy atom. The second-order valence-electron chi connectivity index (χ2n) is 6.23. The molecule has 0 spiro atoms. The van der Waals surface area contributed by atoms with Crippen LogP contribution in [0.2, 0.25) is 0 Å². The number of amides is 2. The minimum atomic E-state index is -0.312. The fourth-order valence-electron chi connectivity index (χ4n) is 2.17. The summed E-state index contributed by atoms with van der Waals surface area (Å²) in [5.74, 6) is -0.312. The molecule has 2 amide bonds. The van der Waals surface area contributed by atoms with Crippen LogP contribution in [0.15, 0.2) is 41.8 Å². The molecule has 1 aromatic carbocycles. The Bertz CT molecular complexity index is 620. The fraction of sp³-hybridized carbons (Fsp3) is 0.353. The van der Waals surface area contributed by atoms with Crippen LogP contribution in [0.3, 0.4) is 0 Å². The third-order valence-corrected chi connectivity index (χ3v) is 4.30. The van der Waals surface area contributed by atoms with Gasteiger partial charge in [0.25, 0.3) is 0 Å². The van der Waals surface area contributed by atoms with Crippen molar-refractivity contribution < 1.29 is 9.18 Å². The molecule has 1 aromatic heterocycles. The number of thiophene rings is 1. The van der Waals surface area contributed by atoms with Crippen LogP contribution in [0, 0.1) is 11.2 Å². The van der Waals surface area contributed by atoms with Gasteiger partial charge in [0, 0.05) is 17.0 Å². The number of nitrogens with one attached hydrogen (secondary N) is 2. The van der Waals surface area contributed by atoms with Gasteiger partial charge in [0.15, 0.2) is 0 Å². The third-order valence-electron chi connectivity index (χ3n) is 3.37. The minimum absolute atomic E-state index is 0.0897. The van der Waals surface area contributed by atoms with Crippen LogP contribution < -0.4 is 10.6 Å². The summed E-state index contributed by atoms with van der Waals surface area (Å²) in [6.45, 7) is 6.40. The van der Waals surface area contributed by atoms with Gasteiger partial charge in [-0.15, -0.1) is 11.3 Å². The molecule has 118 valence electrons. The standard InChI is InChI=1S/C17H21FN2OS/c1-17(2,3)15(14-9-6-10-22-14)20-16(21)19-11-12-7-4-5-8-13(12)18/h4-10,15H,11H2,1-3H3,(H2,19,20,21)/t15-/m0/s1. The van der Waals surface area contributed by atoms with E-state index in [-0.39, 0.29) is 29.8 Å². The highest BCUT2D eigenvalue weighted by Crippen LogP contribution is 2.34. The number of carbonyl (C=O) groups excluding carboxylic acids is 1. The van der Waals surface area contributed by atoms with Gasteiger partial charge in [0.05, 0.1) is 6.04 Å². The Labute approximate surface area is 134 Å². The summed E-state index contributed by atoms with van der Waals surface area (Å²) < 4.78 is 13.5. The Balaban J connectivity index is 1.99. The van der Waals surface area contributed by atoms with E-state index in [0.29, 0.717) is 5.56 Å². The number of rotatable bonds is 4. The number of hydrogen-bond donors (Lipinski definition) is 2. The van der Waals surface area contributed by atoms with Crippen molar-refractivity contribution in [1.29, 1.82) is 0 Å². The third kappa shape index (κ3) is 4.31. The lowest BCUT2D eigenvalue weighted by Gasteiger charge is -2.30. The van der Waals surface area contributed by atoms with Gasteiger partial charge in [-0.2, -0.15) is 0 Å². The van der Waals surface area contributed by atoms with Gasteiger partial charge < -0.3 is 10.6 Å². The van der Waals surface area contributed by atoms with Crippen LogP contribution in [0.25, 0.3) is 0 Å². The lowest BCUT2D eigenvalue weighted by atomic mass is 9.86. The first-order valence-corrected chi connectivity index (χ1v) is 8.07. The molecular weight excluding hydrogens is 299 g/mol. The monoisotopic (exact) mass is 320 g/mol. The number of carbonyl (C=O) groups is 1. The van der Waals surface area contributed by atoms with E-state index < -0.39 is 0 Å². The summed E-state index contributed by atoms with van der Waals surface area (Å²) in [4.78, 5) is 13.2. The highest BCUT2D eigenvalue weighted by molar-refractivity contribution is 7.10. The van der Waals surface area contributed by atoms with Crippen LogP contribution in [-0.2, 0) is 6.54 Å². The Hall–Kier alpha value is -1.88. The summed E-state index contributed by atoms with van der Waals surface area (Å²) in [6.07, 6.45) is 0. The highest BCUT2D eigenvalue weighted by Gasteiger charge is 2.28. The largest absolute Gasteiger partial charge is 0.334 e. The van der Waals surface area contributed by atoms with Gasteiger partial charge in [0.2, 0.25) is 0 Å². The van der Waals surface area contributed by atoms with Crippen molar-refractivity contribution in [3.05, 3.63) is 58.0 Å². The molecule has 0 saturated heterocycles. The van der Waals surface area contributed by atoms with Crippen molar-refractivity contribution in [1.82, 2.24) is 10.6 Å². The van der Waals surface area contributed by atoms with Crippen LogP contribution in [0.5, 0.6) is 0 Å². The Morgan fingerprint density at radius 2 is 1.95 bits per heavy atom. The number of benzene rings is 1. The first-order valence-electron chi connectivity index (χ1n) is 7.19. The van der Waals surface area contributed by atoms with Crippen molar-refractivity contribution in [2.24, 2.45) is 5.41 Å². The van der Waals surface area contributed by atoms with E-state index in [1.807, 2.05) is 17.5 Å². The molecule has 0 saturated carbocycles. The van der Waals surface area contributed by atoms with E-state index in [9.17, 15) is 9.18 Å². The van der Waals surface area contributed by atoms with Crippen molar-refractivity contribution >= 4 is 17.4 Å². The van der Waals surface area contributed by atoms with E-state index in [1.54, 1.807) is 29.5 Å². The summed E-state index contributed by atoms with van der Waals surface area (Å²) in [7, 11) is 0. The summed E-state index contributed by atoms with van der Waals surface area (Å²) in [5, 5.41) is 7.70. The van der Waals surface area contributed by atoms with Gasteiger partial charge in [-0.25, -0.2) is 9.18 Å². The molecule has 0 aliphatic carbocycles. The number of halogens is 1. The van der Waals surface area contributed by atoms with Crippen molar-refractivity contribution in [2.75, 3.05) is 0 Å². The maximum Gasteiger partial charge on any atom is 0.315 e. The van der Waals surface area contributed by atoms with Crippen molar-refractivity contribution in [3.8, 4) is 0 Å². The number of urea groups is 1. The molecule has 0 aliphatic heterocycles. The van der Waals surface area contributed by atoms with Crippen LogP contribution >= 0.6 is 11.3 Å². The minimum Gasteiger partial charge on any atom is -0.334 e. The zero-order valence-corrected chi connectivity index (χ0v) is 13.8. The van der Waals surface area contributed by atoms with Gasteiger partial charge in [0.1, 0.15) is 5.82 Å². The van der Waals surface area contributed by atoms with Crippen molar-refractivity contribution in [2.45, 2.75) is 33.4 Å². The first-order chi connectivity index (χ1) is 10.4. The quantitative estimate of drug-likeness (QED) is 0.857. The molecule has 2 N–H and O–H groups in total. The normalized spacial score (nSPS) is 12.7. The molecule has 0 fully saturated rings. The second-order valence-corrected chi connectivity index (χ2v) is 7.21. The fourth-order valence-corrected chi connectivity index (χ4v) is 3.19. The van der Waals surface area contributed by atoms with E-state index in [1.165, 1.54) is 6.07 Å². The average Bonchev–Trinajstić information content (AvgIpc) is 2.96. The molecule has 1 heterocycles. The maximum atomic E-state index is 13.5. The molecule has 3 nitrogen and oxygen atoms in total. The van der Waals surface area contributed by atoms with Crippen LogP contribution in [-0.4, -0.2) is 6.03 Å². The zero-order valence-electron chi connectivity index (χ0n) is 13.0. The Morgan fingerprint density at radius 1 is 1.23 bits per heavy atom. The van der Waals surface area contributed by atoms with E-state index >= 15 is 0 Å². The highest BCUT2D eigenvalue weighted by atomic mass is 32.1. The molecule has 0 aliphatic rings. The van der Waals surface area contributed by atoms with Gasteiger partial charge in [-0.1, -0.05) is 45.0 Å². The van der Waals surface area contributed by atoms with Gasteiger partial charge in [-0.3, -0.25) is 0 Å². The first kappa shape index (κ1) is 16.5. The molecule has 1 atom stereocenters. The Kier molecular flexibility index (Phi) is 5.19. The summed E-state index contributed by atoms with van der Waals surface area (Å²) in [5.41, 5.74) is 0.362. The van der Waals surface area contributed by atoms with Gasteiger partial charge in [-0.05, 0) is 22.9 Å². The van der Waals surface area contributed by atoms with Crippen molar-refractivity contribution in [3.63, 3.8) is 0 Å². The molecule has 2 rings (SSSR count). The second kappa shape index (κ2) is 6.92. The lowest BCUT2D eigenvalue weighted by Crippen LogP contribution is -2.42. The molecular formula is C17H21FN2OS. The summed E-state index contributed by atoms with van der Waals surface area (Å²) in [6, 6.07) is 10.0. The smallest absolute Gasteiger partial charge is 0.315 e. The zero-order chi connectivity index (χ0) is 16.2. The predicted molar refractivity (Wildman–Crippen MR) is 88.3 cm³/mol. The maximum absolute atomic E-state index is 13.5. The van der Waals surface area contributed by atoms with Gasteiger partial charge >= 0.3 is 6.03 Å². The van der Waals surface area contributed by atoms with Crippen LogP contribution in [0.1, 0.15) is 37.3 Å².